The van der Waals surface area contributed by atoms with Crippen LogP contribution in [0.15, 0.2) is 41.6 Å². The number of imide groups is 1. The van der Waals surface area contributed by atoms with Crippen LogP contribution in [0, 0.1) is 6.92 Å². The second-order valence-corrected chi connectivity index (χ2v) is 8.63. The minimum Gasteiger partial charge on any atom is -0.466 e. The van der Waals surface area contributed by atoms with Crippen molar-refractivity contribution in [1.29, 1.82) is 0 Å². The monoisotopic (exact) mass is 546 g/mol. The number of ether oxygens (including phenoxy) is 2. The largest absolute Gasteiger partial charge is 0.466 e. The number of amides is 2. The average molecular weight is 547 g/mol. The lowest BCUT2D eigenvalue weighted by atomic mass is 9.86. The number of oxime groups is 1. The summed E-state index contributed by atoms with van der Waals surface area (Å²) in [6.07, 6.45) is -7.91. The second kappa shape index (κ2) is 10.4. The van der Waals surface area contributed by atoms with Crippen LogP contribution in [0.25, 0.3) is 0 Å². The molecular weight excluding hydrogens is 528 g/mol. The van der Waals surface area contributed by atoms with E-state index >= 15 is 0 Å². The number of alkyl carbamates (subject to hydrolysis) is 1. The maximum Gasteiger partial charge on any atom is 0.435 e. The number of hydrogen-bond acceptors (Lipinski definition) is 7. The predicted molar refractivity (Wildman–Crippen MR) is 123 cm³/mol. The molecule has 192 valence electrons. The molecule has 1 aliphatic heterocycles. The summed E-state index contributed by atoms with van der Waals surface area (Å²) in [7, 11) is 1.11. The van der Waals surface area contributed by atoms with E-state index in [1.54, 1.807) is 0 Å². The summed E-state index contributed by atoms with van der Waals surface area (Å²) < 4.78 is 51.6. The van der Waals surface area contributed by atoms with Crippen molar-refractivity contribution in [3.8, 4) is 0 Å². The quantitative estimate of drug-likeness (QED) is 0.509. The zero-order valence-corrected chi connectivity index (χ0v) is 20.5. The Labute approximate surface area is 213 Å². The van der Waals surface area contributed by atoms with Crippen molar-refractivity contribution in [3.05, 3.63) is 68.7 Å². The first kappa shape index (κ1) is 27.3. The molecule has 0 saturated carbocycles. The Morgan fingerprint density at radius 1 is 1.14 bits per heavy atom. The molecule has 1 N–H and O–H groups in total. The third-order valence-corrected chi connectivity index (χ3v) is 6.15. The number of halogens is 5. The van der Waals surface area contributed by atoms with Gasteiger partial charge in [0.25, 0.3) is 11.5 Å². The highest BCUT2D eigenvalue weighted by Gasteiger charge is 2.62. The zero-order chi connectivity index (χ0) is 26.8. The molecule has 0 saturated heterocycles. The van der Waals surface area contributed by atoms with Gasteiger partial charge in [-0.3, -0.25) is 10.1 Å². The molecule has 0 radical (unpaired) electrons. The lowest BCUT2D eigenvalue weighted by Gasteiger charge is -2.29. The van der Waals surface area contributed by atoms with Crippen molar-refractivity contribution >= 4 is 46.9 Å². The van der Waals surface area contributed by atoms with Crippen molar-refractivity contribution in [2.45, 2.75) is 38.1 Å². The van der Waals surface area contributed by atoms with Gasteiger partial charge < -0.3 is 14.3 Å². The van der Waals surface area contributed by atoms with E-state index in [1.165, 1.54) is 44.2 Å². The Hall–Kier alpha value is -3.31. The summed E-state index contributed by atoms with van der Waals surface area (Å²) in [6.45, 7) is 2.78. The smallest absolute Gasteiger partial charge is 0.435 e. The van der Waals surface area contributed by atoms with Crippen LogP contribution in [0.2, 0.25) is 10.0 Å². The maximum absolute atomic E-state index is 14.2. The van der Waals surface area contributed by atoms with Gasteiger partial charge in [-0.1, -0.05) is 40.5 Å². The summed E-state index contributed by atoms with van der Waals surface area (Å²) in [5, 5.41) is 5.66. The number of aryl methyl sites for hydroxylation is 1. The SMILES string of the molecule is COC(=O)C(C)OC(=O)NC(=O)c1ccc(C2=NOC(c3ccc(Cl)c(Cl)c3)(C(F)(F)F)C2)cc1C. The van der Waals surface area contributed by atoms with Gasteiger partial charge in [-0.05, 0) is 49.2 Å². The van der Waals surface area contributed by atoms with Crippen LogP contribution in [-0.4, -0.2) is 43.1 Å². The minimum atomic E-state index is -4.84. The highest BCUT2D eigenvalue weighted by atomic mass is 35.5. The number of carbonyl (C=O) groups excluding carboxylic acids is 3. The minimum absolute atomic E-state index is 0.0141. The van der Waals surface area contributed by atoms with E-state index in [2.05, 4.69) is 9.89 Å². The topological polar surface area (TPSA) is 103 Å². The number of rotatable bonds is 5. The molecule has 0 aliphatic carbocycles. The highest BCUT2D eigenvalue weighted by molar-refractivity contribution is 6.42. The van der Waals surface area contributed by atoms with Crippen molar-refractivity contribution < 1.29 is 41.9 Å². The van der Waals surface area contributed by atoms with Crippen LogP contribution in [0.4, 0.5) is 18.0 Å². The molecule has 8 nitrogen and oxygen atoms in total. The van der Waals surface area contributed by atoms with Crippen LogP contribution in [-0.2, 0) is 24.7 Å². The molecule has 2 unspecified atom stereocenters. The number of methoxy groups -OCH3 is 1. The first-order valence-electron chi connectivity index (χ1n) is 10.3. The van der Waals surface area contributed by atoms with Gasteiger partial charge in [0.2, 0.25) is 0 Å². The number of nitrogens with one attached hydrogen (secondary N) is 1. The normalized spacial score (nSPS) is 18.1. The molecule has 2 aromatic rings. The number of hydrogen-bond donors (Lipinski definition) is 1. The molecule has 2 amide bonds. The maximum atomic E-state index is 14.2. The van der Waals surface area contributed by atoms with E-state index in [9.17, 15) is 27.6 Å². The summed E-state index contributed by atoms with van der Waals surface area (Å²) in [6, 6.07) is 7.59. The number of alkyl halides is 3. The Kier molecular flexibility index (Phi) is 7.85. The number of esters is 1. The van der Waals surface area contributed by atoms with Gasteiger partial charge in [-0.25, -0.2) is 9.59 Å². The number of benzene rings is 2. The fraction of sp³-hybridized carbons (Fsp3) is 0.304. The third kappa shape index (κ3) is 5.41. The van der Waals surface area contributed by atoms with Gasteiger partial charge in [0.1, 0.15) is 0 Å². The van der Waals surface area contributed by atoms with E-state index in [0.29, 0.717) is 5.56 Å². The molecule has 0 bridgehead atoms. The Bertz CT molecular complexity index is 1250. The third-order valence-electron chi connectivity index (χ3n) is 5.41. The van der Waals surface area contributed by atoms with Gasteiger partial charge in [0, 0.05) is 17.5 Å². The highest BCUT2D eigenvalue weighted by Crippen LogP contribution is 2.49. The molecule has 2 atom stereocenters. The van der Waals surface area contributed by atoms with Crippen LogP contribution in [0.5, 0.6) is 0 Å². The van der Waals surface area contributed by atoms with Crippen molar-refractivity contribution in [2.75, 3.05) is 7.11 Å². The van der Waals surface area contributed by atoms with E-state index in [4.69, 9.17) is 32.8 Å². The van der Waals surface area contributed by atoms with Crippen molar-refractivity contribution in [1.82, 2.24) is 5.32 Å². The van der Waals surface area contributed by atoms with Gasteiger partial charge in [0.05, 0.1) is 22.9 Å². The lowest BCUT2D eigenvalue weighted by molar-refractivity contribution is -0.275. The first-order chi connectivity index (χ1) is 16.8. The van der Waals surface area contributed by atoms with Crippen LogP contribution < -0.4 is 5.32 Å². The Balaban J connectivity index is 1.79. The molecule has 36 heavy (non-hydrogen) atoms. The summed E-state index contributed by atoms with van der Waals surface area (Å²) >= 11 is 11.8. The molecule has 0 fully saturated rings. The average Bonchev–Trinajstić information content (AvgIpc) is 3.27. The molecule has 13 heteroatoms. The summed E-state index contributed by atoms with van der Waals surface area (Å²) in [5.74, 6) is -1.65. The first-order valence-corrected chi connectivity index (χ1v) is 11.0. The number of nitrogens with zero attached hydrogens (tertiary/aromatic N) is 1. The van der Waals surface area contributed by atoms with Crippen LogP contribution >= 0.6 is 23.2 Å². The molecule has 0 spiro atoms. The van der Waals surface area contributed by atoms with E-state index in [1.807, 2.05) is 5.32 Å². The van der Waals surface area contributed by atoms with E-state index in [0.717, 1.165) is 13.2 Å². The fourth-order valence-corrected chi connectivity index (χ4v) is 3.77. The molecule has 0 aromatic heterocycles. The van der Waals surface area contributed by atoms with Crippen LogP contribution in [0.1, 0.15) is 40.4 Å². The lowest BCUT2D eigenvalue weighted by Crippen LogP contribution is -2.42. The standard InChI is InChI=1S/C23H19Cl2F3N2O6/c1-11-8-13(4-6-15(11)19(31)29-21(33)35-12(2)20(32)34-3)18-10-22(36-30-18,23(26,27)28)14-5-7-16(24)17(25)9-14/h4-9,12H,10H2,1-3H3,(H,29,31,33). The van der Waals surface area contributed by atoms with Crippen molar-refractivity contribution in [2.24, 2.45) is 5.16 Å². The molecule has 3 rings (SSSR count). The Morgan fingerprint density at radius 2 is 1.83 bits per heavy atom. The van der Waals surface area contributed by atoms with Gasteiger partial charge in [-0.15, -0.1) is 0 Å². The molecule has 1 heterocycles. The van der Waals surface area contributed by atoms with E-state index < -0.39 is 42.3 Å². The van der Waals surface area contributed by atoms with Crippen LogP contribution in [0.3, 0.4) is 0 Å². The molecule has 2 aromatic carbocycles. The van der Waals surface area contributed by atoms with Gasteiger partial charge >= 0.3 is 18.2 Å². The number of carbonyl (C=O) groups is 3. The Morgan fingerprint density at radius 3 is 2.42 bits per heavy atom. The second-order valence-electron chi connectivity index (χ2n) is 7.81. The van der Waals surface area contributed by atoms with E-state index in [-0.39, 0.29) is 32.4 Å². The summed E-state index contributed by atoms with van der Waals surface area (Å²) in [4.78, 5) is 40.6. The predicted octanol–water partition coefficient (Wildman–Crippen LogP) is 5.31. The fourth-order valence-electron chi connectivity index (χ4n) is 3.47. The van der Waals surface area contributed by atoms with Gasteiger partial charge in [-0.2, -0.15) is 13.2 Å². The van der Waals surface area contributed by atoms with Crippen molar-refractivity contribution in [3.63, 3.8) is 0 Å². The molecular formula is C23H19Cl2F3N2O6. The summed E-state index contributed by atoms with van der Waals surface area (Å²) in [5.41, 5.74) is -2.40. The zero-order valence-electron chi connectivity index (χ0n) is 19.0. The van der Waals surface area contributed by atoms with Gasteiger partial charge in [0.15, 0.2) is 6.10 Å². The molecule has 1 aliphatic rings.